The first-order chi connectivity index (χ1) is 3.80. The van der Waals surface area contributed by atoms with E-state index in [1.807, 2.05) is 0 Å². The fourth-order valence-corrected chi connectivity index (χ4v) is 0.895. The number of carboxylic acids is 1. The molecule has 12 heavy (non-hydrogen) atoms. The molecule has 5 heteroatoms. The van der Waals surface area contributed by atoms with Gasteiger partial charge in [-0.15, -0.1) is 0 Å². The first-order valence-electron chi connectivity index (χ1n) is 2.77. The number of carboxylic acid groups (broad SMARTS) is 1. The summed E-state index contributed by atoms with van der Waals surface area (Å²) in [4.78, 5) is 10.1. The summed E-state index contributed by atoms with van der Waals surface area (Å²) in [6.45, 7) is 0.858. The number of aliphatic carboxylic acids is 1. The van der Waals surface area contributed by atoms with Crippen LogP contribution in [0.15, 0.2) is 0 Å². The summed E-state index contributed by atoms with van der Waals surface area (Å²) in [7, 11) is 0. The van der Waals surface area contributed by atoms with Crippen LogP contribution in [0, 0.1) is 0 Å². The van der Waals surface area contributed by atoms with Crippen LogP contribution in [0.2, 0.25) is 0 Å². The smallest absolute Gasteiger partial charge is 1.00 e. The molecular weight excluding hydrogens is 217 g/mol. The van der Waals surface area contributed by atoms with Crippen LogP contribution in [0.1, 0.15) is 27.7 Å². The van der Waals surface area contributed by atoms with Gasteiger partial charge in [-0.1, -0.05) is 14.9 Å². The Kier molecular flexibility index (Phi) is 21.9. The molecular formula is C7H17BrLiNO2. The quantitative estimate of drug-likeness (QED) is 0.447. The van der Waals surface area contributed by atoms with E-state index in [-0.39, 0.29) is 56.7 Å². The number of hydrogen-bond donors (Lipinski definition) is 2. The van der Waals surface area contributed by atoms with Crippen molar-refractivity contribution >= 4 is 5.97 Å². The molecule has 1 rings (SSSR count). The van der Waals surface area contributed by atoms with Gasteiger partial charge in [0.2, 0.25) is 0 Å². The molecule has 3 nitrogen and oxygen atoms in total. The summed E-state index contributed by atoms with van der Waals surface area (Å²) in [6, 6.07) is -0.269. The Morgan fingerprint density at radius 2 is 1.92 bits per heavy atom. The molecule has 0 aromatic heterocycles. The minimum atomic E-state index is -0.720. The van der Waals surface area contributed by atoms with Gasteiger partial charge < -0.3 is 27.4 Å². The van der Waals surface area contributed by atoms with E-state index in [2.05, 4.69) is 5.32 Å². The predicted octanol–water partition coefficient (Wildman–Crippen LogP) is -4.90. The van der Waals surface area contributed by atoms with Crippen LogP contribution in [0.3, 0.4) is 0 Å². The van der Waals surface area contributed by atoms with Crippen molar-refractivity contribution < 1.29 is 45.7 Å². The summed E-state index contributed by atoms with van der Waals surface area (Å²) < 4.78 is 0. The van der Waals surface area contributed by atoms with Crippen LogP contribution in [-0.4, -0.2) is 23.7 Å². The minimum absolute atomic E-state index is 0. The van der Waals surface area contributed by atoms with Gasteiger partial charge >= 0.3 is 24.8 Å². The minimum Gasteiger partial charge on any atom is -1.00 e. The van der Waals surface area contributed by atoms with Crippen LogP contribution >= 0.6 is 0 Å². The number of nitrogens with one attached hydrogen (secondary N) is 1. The third kappa shape index (κ3) is 7.17. The molecule has 1 aliphatic rings. The maximum absolute atomic E-state index is 10.1. The van der Waals surface area contributed by atoms with E-state index in [1.54, 1.807) is 0 Å². The number of rotatable bonds is 1. The van der Waals surface area contributed by atoms with Gasteiger partial charge in [0.15, 0.2) is 0 Å². The zero-order valence-electron chi connectivity index (χ0n) is 5.93. The van der Waals surface area contributed by atoms with E-state index in [0.29, 0.717) is 0 Å². The fourth-order valence-electron chi connectivity index (χ4n) is 0.895. The molecule has 1 saturated heterocycles. The Hall–Kier alpha value is 0.507. The van der Waals surface area contributed by atoms with Crippen molar-refractivity contribution in [2.45, 2.75) is 33.7 Å². The molecule has 0 bridgehead atoms. The fraction of sp³-hybridized carbons (Fsp3) is 0.857. The Morgan fingerprint density at radius 3 is 2.08 bits per heavy atom. The molecule has 0 aromatic carbocycles. The van der Waals surface area contributed by atoms with Gasteiger partial charge in [-0.2, -0.15) is 0 Å². The average Bonchev–Trinajstić information content (AvgIpc) is 2.12. The van der Waals surface area contributed by atoms with Crippen molar-refractivity contribution in [2.75, 3.05) is 6.54 Å². The third-order valence-corrected chi connectivity index (χ3v) is 1.36. The zero-order valence-corrected chi connectivity index (χ0v) is 7.52. The van der Waals surface area contributed by atoms with E-state index in [1.165, 1.54) is 0 Å². The molecule has 1 atom stereocenters. The summed E-state index contributed by atoms with van der Waals surface area (Å²) in [5.74, 6) is -0.720. The Balaban J connectivity index is -0.0000000800. The standard InChI is InChI=1S/C5H9NO2.2CH4.BrH.Li/c7-5(8)4-2-1-3-6-4;;;;/h4,6H,1-3H2,(H,7,8);2*1H4;1H;/q;;;;+1/p-1/t4-;;;;/m0..../s1. The van der Waals surface area contributed by atoms with Crippen molar-refractivity contribution in [3.63, 3.8) is 0 Å². The van der Waals surface area contributed by atoms with Crippen molar-refractivity contribution in [1.82, 2.24) is 5.32 Å². The van der Waals surface area contributed by atoms with Crippen molar-refractivity contribution in [1.29, 1.82) is 0 Å². The third-order valence-electron chi connectivity index (χ3n) is 1.36. The van der Waals surface area contributed by atoms with Crippen molar-refractivity contribution in [3.8, 4) is 0 Å². The molecule has 0 radical (unpaired) electrons. The first kappa shape index (κ1) is 22.9. The van der Waals surface area contributed by atoms with Gasteiger partial charge in [-0.25, -0.2) is 0 Å². The Labute approximate surface area is 97.3 Å². The summed E-state index contributed by atoms with van der Waals surface area (Å²) >= 11 is 0. The summed E-state index contributed by atoms with van der Waals surface area (Å²) in [5.41, 5.74) is 0. The monoisotopic (exact) mass is 233 g/mol. The van der Waals surface area contributed by atoms with Gasteiger partial charge in [-0.05, 0) is 19.4 Å². The molecule has 0 aromatic rings. The summed E-state index contributed by atoms with van der Waals surface area (Å²) in [5, 5.41) is 11.2. The second kappa shape index (κ2) is 11.5. The molecule has 0 aliphatic carbocycles. The van der Waals surface area contributed by atoms with Gasteiger partial charge in [0.25, 0.3) is 0 Å². The van der Waals surface area contributed by atoms with Crippen LogP contribution in [0.5, 0.6) is 0 Å². The van der Waals surface area contributed by atoms with E-state index in [9.17, 15) is 4.79 Å². The maximum Gasteiger partial charge on any atom is 1.00 e. The Morgan fingerprint density at radius 1 is 1.42 bits per heavy atom. The number of hydrogen-bond acceptors (Lipinski definition) is 2. The van der Waals surface area contributed by atoms with E-state index >= 15 is 0 Å². The number of halogens is 1. The molecule has 0 unspecified atom stereocenters. The second-order valence-corrected chi connectivity index (χ2v) is 1.99. The molecule has 70 valence electrons. The van der Waals surface area contributed by atoms with Gasteiger partial charge in [0.1, 0.15) is 6.04 Å². The Bertz CT molecular complexity index is 108. The average molecular weight is 234 g/mol. The molecule has 0 saturated carbocycles. The second-order valence-electron chi connectivity index (χ2n) is 1.99. The number of carbonyl (C=O) groups is 1. The van der Waals surface area contributed by atoms with Crippen molar-refractivity contribution in [2.24, 2.45) is 0 Å². The summed E-state index contributed by atoms with van der Waals surface area (Å²) in [6.07, 6.45) is 1.78. The van der Waals surface area contributed by atoms with Gasteiger partial charge in [0, 0.05) is 0 Å². The van der Waals surface area contributed by atoms with Crippen LogP contribution < -0.4 is 41.2 Å². The van der Waals surface area contributed by atoms with Crippen LogP contribution in [-0.2, 0) is 4.79 Å². The van der Waals surface area contributed by atoms with Crippen LogP contribution in [0.4, 0.5) is 0 Å². The SMILES string of the molecule is C.C.O=C(O)[C@@H]1CCCN1.[Br-].[Li+]. The normalized spacial score (nSPS) is 18.8. The zero-order chi connectivity index (χ0) is 5.98. The maximum atomic E-state index is 10.1. The van der Waals surface area contributed by atoms with E-state index < -0.39 is 5.97 Å². The van der Waals surface area contributed by atoms with Crippen LogP contribution in [0.25, 0.3) is 0 Å². The van der Waals surface area contributed by atoms with E-state index in [4.69, 9.17) is 5.11 Å². The van der Waals surface area contributed by atoms with Crippen molar-refractivity contribution in [3.05, 3.63) is 0 Å². The predicted molar refractivity (Wildman–Crippen MR) is 42.1 cm³/mol. The molecule has 1 aliphatic heterocycles. The molecule has 1 fully saturated rings. The van der Waals surface area contributed by atoms with Gasteiger partial charge in [-0.3, -0.25) is 4.79 Å². The molecule has 1 heterocycles. The molecule has 0 spiro atoms. The molecule has 0 amide bonds. The largest absolute Gasteiger partial charge is 1.00 e. The molecule has 2 N–H and O–H groups in total. The van der Waals surface area contributed by atoms with E-state index in [0.717, 1.165) is 19.4 Å². The first-order valence-corrected chi connectivity index (χ1v) is 2.77. The topological polar surface area (TPSA) is 49.3 Å². The van der Waals surface area contributed by atoms with Gasteiger partial charge in [0.05, 0.1) is 0 Å².